The number of sulfone groups is 1. The van der Waals surface area contributed by atoms with Crippen LogP contribution in [0.3, 0.4) is 0 Å². The third-order valence-electron chi connectivity index (χ3n) is 4.62. The minimum atomic E-state index is -3.26. The van der Waals surface area contributed by atoms with Gasteiger partial charge in [0, 0.05) is 20.4 Å². The Morgan fingerprint density at radius 3 is 2.32 bits per heavy atom. The van der Waals surface area contributed by atoms with Crippen LogP contribution < -0.4 is 10.6 Å². The molecule has 0 spiro atoms. The lowest BCUT2D eigenvalue weighted by molar-refractivity contribution is -0.127. The lowest BCUT2D eigenvalue weighted by Gasteiger charge is -2.19. The van der Waals surface area contributed by atoms with Gasteiger partial charge >= 0.3 is 0 Å². The Morgan fingerprint density at radius 1 is 1.13 bits per heavy atom. The summed E-state index contributed by atoms with van der Waals surface area (Å²) in [6.45, 7) is 4.25. The summed E-state index contributed by atoms with van der Waals surface area (Å²) in [6, 6.07) is 15.1. The fraction of sp³-hybridized carbons (Fsp3) is 0.364. The van der Waals surface area contributed by atoms with Crippen LogP contribution >= 0.6 is 24.0 Å². The maximum atomic E-state index is 12.0. The maximum Gasteiger partial charge on any atom is 0.241 e. The van der Waals surface area contributed by atoms with Crippen molar-refractivity contribution in [1.82, 2.24) is 15.5 Å². The monoisotopic (exact) mass is 558 g/mol. The zero-order chi connectivity index (χ0) is 22.3. The van der Waals surface area contributed by atoms with Crippen LogP contribution in [-0.2, 0) is 21.2 Å². The summed E-state index contributed by atoms with van der Waals surface area (Å²) in [7, 11) is 0.146. The summed E-state index contributed by atoms with van der Waals surface area (Å²) >= 11 is 0. The number of rotatable bonds is 7. The highest BCUT2D eigenvalue weighted by atomic mass is 127. The first-order chi connectivity index (χ1) is 14.1. The average molecular weight is 558 g/mol. The first kappa shape index (κ1) is 26.9. The number of aliphatic imine (C=N–C) groups is 1. The van der Waals surface area contributed by atoms with Gasteiger partial charge < -0.3 is 15.5 Å². The first-order valence-electron chi connectivity index (χ1n) is 9.67. The quantitative estimate of drug-likeness (QED) is 0.310. The molecule has 170 valence electrons. The Morgan fingerprint density at radius 2 is 1.77 bits per heavy atom. The van der Waals surface area contributed by atoms with Crippen molar-refractivity contribution in [3.8, 4) is 0 Å². The van der Waals surface area contributed by atoms with Crippen molar-refractivity contribution in [2.24, 2.45) is 4.99 Å². The number of aryl methyl sites for hydroxylation is 1. The van der Waals surface area contributed by atoms with Gasteiger partial charge in [-0.15, -0.1) is 24.0 Å². The van der Waals surface area contributed by atoms with E-state index in [1.54, 1.807) is 33.2 Å². The van der Waals surface area contributed by atoms with E-state index in [9.17, 15) is 13.2 Å². The summed E-state index contributed by atoms with van der Waals surface area (Å²) < 4.78 is 23.6. The molecule has 2 rings (SSSR count). The van der Waals surface area contributed by atoms with Crippen LogP contribution in [0.2, 0.25) is 0 Å². The van der Waals surface area contributed by atoms with Gasteiger partial charge in [-0.25, -0.2) is 13.4 Å². The normalized spacial score (nSPS) is 12.5. The van der Waals surface area contributed by atoms with Gasteiger partial charge in [0.25, 0.3) is 0 Å². The predicted octanol–water partition coefficient (Wildman–Crippen LogP) is 2.90. The van der Waals surface area contributed by atoms with Gasteiger partial charge in [-0.3, -0.25) is 4.79 Å². The Bertz CT molecular complexity index is 1010. The van der Waals surface area contributed by atoms with E-state index in [0.29, 0.717) is 23.0 Å². The Labute approximate surface area is 202 Å². The molecule has 0 aliphatic carbocycles. The summed E-state index contributed by atoms with van der Waals surface area (Å²) in [5.41, 5.74) is 2.67. The number of amides is 1. The number of halogens is 1. The Kier molecular flexibility index (Phi) is 10.4. The van der Waals surface area contributed by atoms with Gasteiger partial charge in [-0.1, -0.05) is 42.5 Å². The number of likely N-dealkylation sites (N-methyl/N-ethyl adjacent to an activating group) is 1. The molecule has 1 amide bonds. The van der Waals surface area contributed by atoms with Crippen molar-refractivity contribution < 1.29 is 13.2 Å². The largest absolute Gasteiger partial charge is 0.350 e. The van der Waals surface area contributed by atoms with Gasteiger partial charge in [0.2, 0.25) is 5.91 Å². The minimum absolute atomic E-state index is 0. The summed E-state index contributed by atoms with van der Waals surface area (Å²) in [5.74, 6) is 0.441. The van der Waals surface area contributed by atoms with Crippen molar-refractivity contribution in [2.75, 3.05) is 26.9 Å². The van der Waals surface area contributed by atoms with E-state index in [2.05, 4.69) is 15.6 Å². The van der Waals surface area contributed by atoms with Crippen LogP contribution in [0.15, 0.2) is 58.4 Å². The smallest absolute Gasteiger partial charge is 0.241 e. The molecule has 0 bridgehead atoms. The standard InChI is InChI=1S/C22H30N4O3S.HI/c1-16-13-18(11-12-20(16)30(5,28)29)14-23-22(24-15-21(27)26(3)4)25-17(2)19-9-7-6-8-10-19;/h6-13,17H,14-15H2,1-5H3,(H2,23,24,25);1H. The second-order valence-electron chi connectivity index (χ2n) is 7.46. The van der Waals surface area contributed by atoms with Gasteiger partial charge in [0.1, 0.15) is 0 Å². The van der Waals surface area contributed by atoms with Crippen LogP contribution in [0.1, 0.15) is 29.7 Å². The molecule has 1 atom stereocenters. The van der Waals surface area contributed by atoms with E-state index < -0.39 is 9.84 Å². The molecule has 2 N–H and O–H groups in total. The van der Waals surface area contributed by atoms with Crippen LogP contribution in [0.25, 0.3) is 0 Å². The van der Waals surface area contributed by atoms with Crippen LogP contribution in [0.5, 0.6) is 0 Å². The third-order valence-corrected chi connectivity index (χ3v) is 5.87. The number of benzene rings is 2. The molecule has 0 aromatic heterocycles. The Hall–Kier alpha value is -2.14. The topological polar surface area (TPSA) is 90.9 Å². The van der Waals surface area contributed by atoms with Crippen molar-refractivity contribution >= 4 is 45.7 Å². The first-order valence-corrected chi connectivity index (χ1v) is 11.6. The highest BCUT2D eigenvalue weighted by Crippen LogP contribution is 2.17. The van der Waals surface area contributed by atoms with E-state index in [4.69, 9.17) is 0 Å². The molecule has 0 aliphatic heterocycles. The number of carbonyl (C=O) groups is 1. The SMILES string of the molecule is Cc1cc(CN=C(NCC(=O)N(C)C)NC(C)c2ccccc2)ccc1S(C)(=O)=O.I. The number of hydrogen-bond donors (Lipinski definition) is 2. The van der Waals surface area contributed by atoms with Crippen molar-refractivity contribution in [3.63, 3.8) is 0 Å². The fourth-order valence-corrected chi connectivity index (χ4v) is 3.86. The second-order valence-corrected chi connectivity index (χ2v) is 9.44. The van der Waals surface area contributed by atoms with Gasteiger partial charge in [-0.2, -0.15) is 0 Å². The summed E-state index contributed by atoms with van der Waals surface area (Å²) in [4.78, 5) is 18.4. The molecule has 2 aromatic rings. The molecule has 0 saturated heterocycles. The van der Waals surface area contributed by atoms with Crippen molar-refractivity contribution in [3.05, 3.63) is 65.2 Å². The molecule has 9 heteroatoms. The Balaban J connectivity index is 0.00000480. The number of guanidine groups is 1. The molecular formula is C22H31IN4O3S. The van der Waals surface area contributed by atoms with Gasteiger partial charge in [0.05, 0.1) is 24.0 Å². The zero-order valence-corrected chi connectivity index (χ0v) is 21.7. The van der Waals surface area contributed by atoms with E-state index in [1.165, 1.54) is 11.2 Å². The molecule has 2 aromatic carbocycles. The number of carbonyl (C=O) groups excluding carboxylic acids is 1. The average Bonchev–Trinajstić information content (AvgIpc) is 2.69. The van der Waals surface area contributed by atoms with Crippen LogP contribution in [0, 0.1) is 6.92 Å². The van der Waals surface area contributed by atoms with E-state index >= 15 is 0 Å². The molecule has 1 unspecified atom stereocenters. The molecule has 0 heterocycles. The van der Waals surface area contributed by atoms with E-state index in [0.717, 1.165) is 11.1 Å². The summed E-state index contributed by atoms with van der Waals surface area (Å²) in [5, 5.41) is 6.39. The van der Waals surface area contributed by atoms with Crippen molar-refractivity contribution in [1.29, 1.82) is 0 Å². The van der Waals surface area contributed by atoms with Gasteiger partial charge in [-0.05, 0) is 36.6 Å². The molecule has 0 fully saturated rings. The van der Waals surface area contributed by atoms with Crippen molar-refractivity contribution in [2.45, 2.75) is 31.3 Å². The highest BCUT2D eigenvalue weighted by Gasteiger charge is 2.12. The zero-order valence-electron chi connectivity index (χ0n) is 18.5. The molecule has 0 radical (unpaired) electrons. The highest BCUT2D eigenvalue weighted by molar-refractivity contribution is 14.0. The minimum Gasteiger partial charge on any atom is -0.350 e. The molecule has 31 heavy (non-hydrogen) atoms. The molecule has 0 saturated carbocycles. The summed E-state index contributed by atoms with van der Waals surface area (Å²) in [6.07, 6.45) is 1.20. The maximum absolute atomic E-state index is 12.0. The fourth-order valence-electron chi connectivity index (χ4n) is 2.90. The number of nitrogens with one attached hydrogen (secondary N) is 2. The third kappa shape index (κ3) is 8.48. The second kappa shape index (κ2) is 12.0. The molecule has 0 aliphatic rings. The number of hydrogen-bond acceptors (Lipinski definition) is 4. The number of nitrogens with zero attached hydrogens (tertiary/aromatic N) is 2. The van der Waals surface area contributed by atoms with E-state index in [1.807, 2.05) is 43.3 Å². The van der Waals surface area contributed by atoms with Crippen LogP contribution in [-0.4, -0.2) is 52.1 Å². The molecular weight excluding hydrogens is 527 g/mol. The lowest BCUT2D eigenvalue weighted by atomic mass is 10.1. The molecule has 7 nitrogen and oxygen atoms in total. The predicted molar refractivity (Wildman–Crippen MR) is 136 cm³/mol. The van der Waals surface area contributed by atoms with Gasteiger partial charge in [0.15, 0.2) is 15.8 Å². The van der Waals surface area contributed by atoms with E-state index in [-0.39, 0.29) is 42.5 Å². The lowest BCUT2D eigenvalue weighted by Crippen LogP contribution is -2.43. The van der Waals surface area contributed by atoms with Crippen LogP contribution in [0.4, 0.5) is 0 Å².